The summed E-state index contributed by atoms with van der Waals surface area (Å²) in [5.41, 5.74) is 0.494. The minimum absolute atomic E-state index is 0.0357. The molecule has 4 aromatic rings. The quantitative estimate of drug-likeness (QED) is 0.0900. The molecule has 0 aliphatic heterocycles. The number of anilines is 4. The van der Waals surface area contributed by atoms with Crippen molar-refractivity contribution in [1.29, 1.82) is 0 Å². The summed E-state index contributed by atoms with van der Waals surface area (Å²) < 4.78 is 56.4. The van der Waals surface area contributed by atoms with Crippen LogP contribution in [0.25, 0.3) is 0 Å². The number of rotatable bonds is 13. The normalized spacial score (nSPS) is 11.3. The highest BCUT2D eigenvalue weighted by molar-refractivity contribution is 6.39. The molecule has 0 saturated carbocycles. The molecule has 0 atom stereocenters. The Balaban J connectivity index is 1.32. The van der Waals surface area contributed by atoms with Gasteiger partial charge in [-0.05, 0) is 53.4 Å². The predicted molar refractivity (Wildman–Crippen MR) is 174 cm³/mol. The summed E-state index contributed by atoms with van der Waals surface area (Å²) in [6.45, 7) is 2.36. The van der Waals surface area contributed by atoms with Crippen LogP contribution in [0, 0.1) is 11.2 Å². The first-order valence-electron chi connectivity index (χ1n) is 14.6. The van der Waals surface area contributed by atoms with E-state index in [4.69, 9.17) is 16.3 Å². The molecule has 258 valence electrons. The van der Waals surface area contributed by atoms with E-state index in [1.54, 1.807) is 38.1 Å². The van der Waals surface area contributed by atoms with Crippen LogP contribution in [0.4, 0.5) is 40.7 Å². The van der Waals surface area contributed by atoms with Crippen LogP contribution in [0.15, 0.2) is 72.9 Å². The van der Waals surface area contributed by atoms with E-state index < -0.39 is 47.7 Å². The highest BCUT2D eigenvalue weighted by Gasteiger charge is 2.29. The molecule has 0 spiro atoms. The lowest BCUT2D eigenvalue weighted by atomic mass is 9.93. The van der Waals surface area contributed by atoms with Gasteiger partial charge in [-0.25, -0.2) is 9.37 Å². The van der Waals surface area contributed by atoms with E-state index in [0.717, 1.165) is 11.6 Å². The van der Waals surface area contributed by atoms with E-state index in [1.165, 1.54) is 42.6 Å². The van der Waals surface area contributed by atoms with Crippen molar-refractivity contribution in [2.45, 2.75) is 26.6 Å². The summed E-state index contributed by atoms with van der Waals surface area (Å²) in [4.78, 5) is 49.3. The Morgan fingerprint density at radius 2 is 1.57 bits per heavy atom. The molecule has 0 unspecified atom stereocenters. The van der Waals surface area contributed by atoms with Crippen LogP contribution in [0.2, 0.25) is 5.02 Å². The Hall–Kier alpha value is -5.51. The molecule has 49 heavy (non-hydrogen) atoms. The van der Waals surface area contributed by atoms with Crippen molar-refractivity contribution >= 4 is 52.5 Å². The van der Waals surface area contributed by atoms with Gasteiger partial charge in [0.15, 0.2) is 6.61 Å². The number of hydrogen-bond acceptors (Lipinski definition) is 9. The molecule has 2 aromatic heterocycles. The monoisotopic (exact) mass is 702 g/mol. The molecule has 0 bridgehead atoms. The second kappa shape index (κ2) is 16.1. The molecule has 0 radical (unpaired) electrons. The van der Waals surface area contributed by atoms with Crippen LogP contribution in [0.5, 0.6) is 6.01 Å². The van der Waals surface area contributed by atoms with Gasteiger partial charge in [0.2, 0.25) is 0 Å². The highest BCUT2D eigenvalue weighted by atomic mass is 35.5. The van der Waals surface area contributed by atoms with Crippen LogP contribution in [0.1, 0.15) is 29.8 Å². The Labute approximate surface area is 283 Å². The number of carbonyl (C=O) groups is 3. The van der Waals surface area contributed by atoms with Gasteiger partial charge in [0.05, 0.1) is 5.56 Å². The average molecular weight is 703 g/mol. The van der Waals surface area contributed by atoms with Gasteiger partial charge in [-0.15, -0.1) is 0 Å². The lowest BCUT2D eigenvalue weighted by Crippen LogP contribution is -2.45. The van der Waals surface area contributed by atoms with Crippen molar-refractivity contribution in [3.8, 4) is 6.01 Å². The summed E-state index contributed by atoms with van der Waals surface area (Å²) >= 11 is 5.91. The van der Waals surface area contributed by atoms with Crippen molar-refractivity contribution in [1.82, 2.24) is 25.6 Å². The van der Waals surface area contributed by atoms with Crippen molar-refractivity contribution in [3.05, 3.63) is 94.9 Å². The molecular formula is C32H31ClF4N8O4. The highest BCUT2D eigenvalue weighted by Crippen LogP contribution is 2.23. The SMILES string of the molecule is CC(C)(CNC(=O)C(=O)Nc1cccc(F)c1)CNC(=O)c1ccc(Nc2cc(NCc3ccc(Cl)cc3)nc(OCC(F)(F)F)n2)nc1. The Morgan fingerprint density at radius 3 is 2.24 bits per heavy atom. The molecule has 12 nitrogen and oxygen atoms in total. The summed E-state index contributed by atoms with van der Waals surface area (Å²) in [5.74, 6) is -2.47. The van der Waals surface area contributed by atoms with Gasteiger partial charge in [0, 0.05) is 42.6 Å². The topological polar surface area (TPSA) is 159 Å². The molecule has 2 heterocycles. The Kier molecular flexibility index (Phi) is 11.9. The number of carbonyl (C=O) groups excluding carboxylic acids is 3. The first-order chi connectivity index (χ1) is 23.1. The number of halogens is 5. The molecule has 2 aromatic carbocycles. The number of aromatic nitrogens is 3. The zero-order chi connectivity index (χ0) is 35.6. The van der Waals surface area contributed by atoms with Crippen LogP contribution >= 0.6 is 11.6 Å². The maximum atomic E-state index is 13.3. The van der Waals surface area contributed by atoms with Crippen LogP contribution in [-0.4, -0.2) is 58.5 Å². The number of alkyl halides is 3. The second-order valence-corrected chi connectivity index (χ2v) is 11.8. The lowest BCUT2D eigenvalue weighted by molar-refractivity contribution is -0.154. The second-order valence-electron chi connectivity index (χ2n) is 11.4. The van der Waals surface area contributed by atoms with Gasteiger partial charge in [0.1, 0.15) is 23.3 Å². The van der Waals surface area contributed by atoms with E-state index in [-0.39, 0.29) is 48.3 Å². The summed E-state index contributed by atoms with van der Waals surface area (Å²) in [6.07, 6.45) is -3.32. The molecule has 5 N–H and O–H groups in total. The molecule has 17 heteroatoms. The molecule has 0 aliphatic rings. The maximum Gasteiger partial charge on any atom is 0.422 e. The molecule has 0 fully saturated rings. The van der Waals surface area contributed by atoms with Crippen LogP contribution in [-0.2, 0) is 16.1 Å². The predicted octanol–water partition coefficient (Wildman–Crippen LogP) is 5.47. The standard InChI is InChI=1S/C32H31ClF4N8O4/c1-31(2,17-41-28(47)29(48)42-23-5-3-4-22(34)12-23)16-40-27(46)20-8-11-24(39-15-20)43-26-13-25(38-14-19-6-9-21(33)10-7-19)44-30(45-26)49-18-32(35,36)37/h3-13,15H,14,16-18H2,1-2H3,(H,40,46)(H,41,47)(H,42,48)(H2,38,39,43,44,45). The van der Waals surface area contributed by atoms with Crippen LogP contribution in [0.3, 0.4) is 0 Å². The largest absolute Gasteiger partial charge is 0.454 e. The maximum absolute atomic E-state index is 13.3. The van der Waals surface area contributed by atoms with Gasteiger partial charge >= 0.3 is 24.0 Å². The van der Waals surface area contributed by atoms with Crippen molar-refractivity contribution in [2.75, 3.05) is 35.6 Å². The first kappa shape index (κ1) is 36.3. The Bertz CT molecular complexity index is 1770. The van der Waals surface area contributed by atoms with E-state index in [0.29, 0.717) is 5.02 Å². The lowest BCUT2D eigenvalue weighted by Gasteiger charge is -2.25. The molecule has 0 aliphatic carbocycles. The van der Waals surface area contributed by atoms with Gasteiger partial charge in [-0.3, -0.25) is 14.4 Å². The fraction of sp³-hybridized carbons (Fsp3) is 0.250. The molecule has 3 amide bonds. The molecule has 4 rings (SSSR count). The van der Waals surface area contributed by atoms with Crippen LogP contribution < -0.4 is 31.3 Å². The van der Waals surface area contributed by atoms with E-state index in [1.807, 2.05) is 0 Å². The third-order valence-electron chi connectivity index (χ3n) is 6.48. The van der Waals surface area contributed by atoms with Crippen molar-refractivity contribution < 1.29 is 36.7 Å². The number of hydrogen-bond donors (Lipinski definition) is 5. The van der Waals surface area contributed by atoms with Gasteiger partial charge in [-0.1, -0.05) is 43.6 Å². The third-order valence-corrected chi connectivity index (χ3v) is 6.73. The first-order valence-corrected chi connectivity index (χ1v) is 14.9. The van der Waals surface area contributed by atoms with Crippen molar-refractivity contribution in [2.24, 2.45) is 5.41 Å². The van der Waals surface area contributed by atoms with Gasteiger partial charge in [0.25, 0.3) is 5.91 Å². The molecular weight excluding hydrogens is 672 g/mol. The number of nitrogens with zero attached hydrogens (tertiary/aromatic N) is 3. The number of benzene rings is 2. The van der Waals surface area contributed by atoms with E-state index in [9.17, 15) is 31.9 Å². The Morgan fingerprint density at radius 1 is 0.857 bits per heavy atom. The summed E-state index contributed by atoms with van der Waals surface area (Å²) in [6, 6.07) is 15.9. The average Bonchev–Trinajstić information content (AvgIpc) is 3.05. The zero-order valence-electron chi connectivity index (χ0n) is 26.1. The minimum atomic E-state index is -4.60. The van der Waals surface area contributed by atoms with E-state index in [2.05, 4.69) is 41.5 Å². The van der Waals surface area contributed by atoms with Gasteiger partial charge in [-0.2, -0.15) is 23.1 Å². The van der Waals surface area contributed by atoms with Gasteiger partial charge < -0.3 is 31.3 Å². The number of amides is 3. The zero-order valence-corrected chi connectivity index (χ0v) is 26.9. The summed E-state index contributed by atoms with van der Waals surface area (Å²) in [7, 11) is 0. The fourth-order valence-electron chi connectivity index (χ4n) is 3.96. The third kappa shape index (κ3) is 12.2. The minimum Gasteiger partial charge on any atom is -0.454 e. The van der Waals surface area contributed by atoms with E-state index >= 15 is 0 Å². The van der Waals surface area contributed by atoms with Crippen molar-refractivity contribution in [3.63, 3.8) is 0 Å². The number of pyridine rings is 1. The molecule has 0 saturated heterocycles. The number of nitrogens with one attached hydrogen (secondary N) is 5. The smallest absolute Gasteiger partial charge is 0.422 e. The fourth-order valence-corrected chi connectivity index (χ4v) is 4.08. The number of ether oxygens (including phenoxy) is 1. The summed E-state index contributed by atoms with van der Waals surface area (Å²) in [5, 5.41) is 14.0.